The number of fused-ring (bicyclic) bond motifs is 5. The third kappa shape index (κ3) is 1.62. The molecule has 0 aliphatic carbocycles. The summed E-state index contributed by atoms with van der Waals surface area (Å²) in [5.41, 5.74) is 1.45. The molecule has 4 rings (SSSR count). The van der Waals surface area contributed by atoms with Crippen LogP contribution in [0, 0.1) is 11.8 Å². The number of benzene rings is 1. The highest BCUT2D eigenvalue weighted by molar-refractivity contribution is 5.15. The Kier molecular flexibility index (Phi) is 2.27. The molecule has 4 atom stereocenters. The van der Waals surface area contributed by atoms with Gasteiger partial charge in [0, 0.05) is 31.5 Å². The van der Waals surface area contributed by atoms with E-state index in [2.05, 4.69) is 35.2 Å². The van der Waals surface area contributed by atoms with Gasteiger partial charge in [0.2, 0.25) is 0 Å². The third-order valence-electron chi connectivity index (χ3n) is 4.78. The SMILES string of the molecule is c1ccc(CN2C[C@@H]3[C@H](C2)[C@H]2CC[C@@H]3O2)cc1. The molecule has 0 saturated carbocycles. The molecule has 0 unspecified atom stereocenters. The van der Waals surface area contributed by atoms with Gasteiger partial charge in [-0.25, -0.2) is 0 Å². The van der Waals surface area contributed by atoms with E-state index in [4.69, 9.17) is 4.74 Å². The highest BCUT2D eigenvalue weighted by Gasteiger charge is 2.52. The second kappa shape index (κ2) is 3.82. The van der Waals surface area contributed by atoms with E-state index >= 15 is 0 Å². The van der Waals surface area contributed by atoms with Crippen molar-refractivity contribution in [2.45, 2.75) is 31.6 Å². The molecule has 0 spiro atoms. The number of hydrogen-bond donors (Lipinski definition) is 0. The molecular formula is C15H19NO. The Morgan fingerprint density at radius 2 is 1.65 bits per heavy atom. The van der Waals surface area contributed by atoms with E-state index in [-0.39, 0.29) is 0 Å². The Bertz CT molecular complexity index is 387. The molecular weight excluding hydrogens is 210 g/mol. The van der Waals surface area contributed by atoms with Crippen LogP contribution in [-0.2, 0) is 11.3 Å². The maximum absolute atomic E-state index is 6.01. The Morgan fingerprint density at radius 3 is 2.29 bits per heavy atom. The largest absolute Gasteiger partial charge is 0.374 e. The van der Waals surface area contributed by atoms with Crippen LogP contribution in [0.25, 0.3) is 0 Å². The minimum atomic E-state index is 0.589. The van der Waals surface area contributed by atoms with E-state index in [1.807, 2.05) is 0 Å². The fourth-order valence-electron chi connectivity index (χ4n) is 4.02. The molecule has 3 heterocycles. The van der Waals surface area contributed by atoms with Crippen molar-refractivity contribution < 1.29 is 4.74 Å². The molecule has 17 heavy (non-hydrogen) atoms. The van der Waals surface area contributed by atoms with Gasteiger partial charge in [0.05, 0.1) is 12.2 Å². The number of likely N-dealkylation sites (tertiary alicyclic amines) is 1. The summed E-state index contributed by atoms with van der Waals surface area (Å²) in [7, 11) is 0. The van der Waals surface area contributed by atoms with Gasteiger partial charge in [-0.1, -0.05) is 30.3 Å². The summed E-state index contributed by atoms with van der Waals surface area (Å²) in [6.45, 7) is 3.62. The molecule has 0 radical (unpaired) electrons. The average molecular weight is 229 g/mol. The Hall–Kier alpha value is -0.860. The summed E-state index contributed by atoms with van der Waals surface area (Å²) in [6, 6.07) is 10.8. The lowest BCUT2D eigenvalue weighted by Crippen LogP contribution is -2.24. The van der Waals surface area contributed by atoms with Crippen LogP contribution in [0.1, 0.15) is 18.4 Å². The Balaban J connectivity index is 1.46. The third-order valence-corrected chi connectivity index (χ3v) is 4.78. The summed E-state index contributed by atoms with van der Waals surface area (Å²) >= 11 is 0. The normalized spacial score (nSPS) is 39.8. The molecule has 0 amide bonds. The topological polar surface area (TPSA) is 12.5 Å². The predicted molar refractivity (Wildman–Crippen MR) is 66.6 cm³/mol. The summed E-state index contributed by atoms with van der Waals surface area (Å²) < 4.78 is 6.01. The van der Waals surface area contributed by atoms with Crippen LogP contribution in [0.4, 0.5) is 0 Å². The van der Waals surface area contributed by atoms with Gasteiger partial charge in [-0.05, 0) is 18.4 Å². The van der Waals surface area contributed by atoms with E-state index in [1.165, 1.54) is 31.5 Å². The van der Waals surface area contributed by atoms with Crippen molar-refractivity contribution in [1.82, 2.24) is 4.90 Å². The van der Waals surface area contributed by atoms with Crippen molar-refractivity contribution in [3.8, 4) is 0 Å². The standard InChI is InChI=1S/C15H19NO/c1-2-4-11(5-3-1)8-16-9-12-13(10-16)15-7-6-14(12)17-15/h1-5,12-15H,6-10H2/t12-,13+,14+,15-. The van der Waals surface area contributed by atoms with E-state index in [0.29, 0.717) is 12.2 Å². The summed E-state index contributed by atoms with van der Waals surface area (Å²) in [5.74, 6) is 1.66. The highest BCUT2D eigenvalue weighted by Crippen LogP contribution is 2.47. The van der Waals surface area contributed by atoms with Gasteiger partial charge in [-0.2, -0.15) is 0 Å². The van der Waals surface area contributed by atoms with Gasteiger partial charge in [-0.3, -0.25) is 4.90 Å². The second-order valence-corrected chi connectivity index (χ2v) is 5.80. The van der Waals surface area contributed by atoms with E-state index in [1.54, 1.807) is 0 Å². The van der Waals surface area contributed by atoms with Gasteiger partial charge >= 0.3 is 0 Å². The van der Waals surface area contributed by atoms with Crippen LogP contribution < -0.4 is 0 Å². The molecule has 1 aromatic carbocycles. The molecule has 0 aromatic heterocycles. The lowest BCUT2D eigenvalue weighted by atomic mass is 9.82. The first-order chi connectivity index (χ1) is 8.40. The van der Waals surface area contributed by atoms with Crippen LogP contribution in [-0.4, -0.2) is 30.2 Å². The molecule has 3 saturated heterocycles. The first-order valence-electron chi connectivity index (χ1n) is 6.82. The molecule has 2 bridgehead atoms. The van der Waals surface area contributed by atoms with Crippen molar-refractivity contribution in [2.24, 2.45) is 11.8 Å². The zero-order chi connectivity index (χ0) is 11.2. The maximum atomic E-state index is 6.01. The first kappa shape index (κ1) is 10.1. The van der Waals surface area contributed by atoms with Crippen LogP contribution in [0.15, 0.2) is 30.3 Å². The molecule has 0 N–H and O–H groups in total. The Morgan fingerprint density at radius 1 is 1.00 bits per heavy atom. The molecule has 2 nitrogen and oxygen atoms in total. The fourth-order valence-corrected chi connectivity index (χ4v) is 4.02. The van der Waals surface area contributed by atoms with Crippen molar-refractivity contribution in [3.05, 3.63) is 35.9 Å². The summed E-state index contributed by atoms with van der Waals surface area (Å²) in [4.78, 5) is 2.62. The van der Waals surface area contributed by atoms with Gasteiger partial charge in [0.25, 0.3) is 0 Å². The first-order valence-corrected chi connectivity index (χ1v) is 6.82. The van der Waals surface area contributed by atoms with E-state index in [9.17, 15) is 0 Å². The molecule has 3 fully saturated rings. The monoisotopic (exact) mass is 229 g/mol. The van der Waals surface area contributed by atoms with Crippen molar-refractivity contribution in [2.75, 3.05) is 13.1 Å². The predicted octanol–water partition coefficient (Wildman–Crippen LogP) is 2.30. The van der Waals surface area contributed by atoms with Crippen LogP contribution >= 0.6 is 0 Å². The van der Waals surface area contributed by atoms with Crippen LogP contribution in [0.3, 0.4) is 0 Å². The number of ether oxygens (including phenoxy) is 1. The Labute approximate surface area is 103 Å². The smallest absolute Gasteiger partial charge is 0.0624 e. The summed E-state index contributed by atoms with van der Waals surface area (Å²) in [6.07, 6.45) is 3.80. The van der Waals surface area contributed by atoms with Gasteiger partial charge in [-0.15, -0.1) is 0 Å². The van der Waals surface area contributed by atoms with Gasteiger partial charge < -0.3 is 4.74 Å². The highest BCUT2D eigenvalue weighted by atomic mass is 16.5. The van der Waals surface area contributed by atoms with Crippen molar-refractivity contribution in [3.63, 3.8) is 0 Å². The molecule has 3 aliphatic rings. The zero-order valence-corrected chi connectivity index (χ0v) is 10.1. The van der Waals surface area contributed by atoms with Crippen molar-refractivity contribution >= 4 is 0 Å². The maximum Gasteiger partial charge on any atom is 0.0624 e. The van der Waals surface area contributed by atoms with Gasteiger partial charge in [0.15, 0.2) is 0 Å². The van der Waals surface area contributed by atoms with E-state index < -0.39 is 0 Å². The minimum Gasteiger partial charge on any atom is -0.374 e. The molecule has 2 heteroatoms. The molecule has 90 valence electrons. The summed E-state index contributed by atoms with van der Waals surface area (Å²) in [5, 5.41) is 0. The van der Waals surface area contributed by atoms with Gasteiger partial charge in [0.1, 0.15) is 0 Å². The molecule has 3 aliphatic heterocycles. The van der Waals surface area contributed by atoms with Crippen LogP contribution in [0.2, 0.25) is 0 Å². The molecule has 1 aromatic rings. The lowest BCUT2D eigenvalue weighted by Gasteiger charge is -2.18. The fraction of sp³-hybridized carbons (Fsp3) is 0.600. The number of rotatable bonds is 2. The number of hydrogen-bond acceptors (Lipinski definition) is 2. The number of nitrogens with zero attached hydrogens (tertiary/aromatic N) is 1. The lowest BCUT2D eigenvalue weighted by molar-refractivity contribution is 0.0697. The minimum absolute atomic E-state index is 0.589. The quantitative estimate of drug-likeness (QED) is 0.771. The average Bonchev–Trinajstić information content (AvgIpc) is 3.00. The van der Waals surface area contributed by atoms with E-state index in [0.717, 1.165) is 18.4 Å². The van der Waals surface area contributed by atoms with Crippen molar-refractivity contribution in [1.29, 1.82) is 0 Å². The second-order valence-electron chi connectivity index (χ2n) is 5.80. The van der Waals surface area contributed by atoms with Crippen LogP contribution in [0.5, 0.6) is 0 Å². The zero-order valence-electron chi connectivity index (χ0n) is 10.1.